The molecule has 1 N–H and O–H groups in total. The molecule has 5 heteroatoms. The number of hydrogen-bond donors (Lipinski definition) is 1. The molecule has 22 heavy (non-hydrogen) atoms. The van der Waals surface area contributed by atoms with Crippen molar-refractivity contribution in [3.63, 3.8) is 0 Å². The summed E-state index contributed by atoms with van der Waals surface area (Å²) in [6, 6.07) is 8.51. The van der Waals surface area contributed by atoms with Gasteiger partial charge >= 0.3 is 0 Å². The van der Waals surface area contributed by atoms with Gasteiger partial charge in [-0.1, -0.05) is 6.07 Å². The number of fused-ring (bicyclic) bond motifs is 1. The van der Waals surface area contributed by atoms with Gasteiger partial charge in [-0.15, -0.1) is 11.8 Å². The molecule has 1 unspecified atom stereocenters. The van der Waals surface area contributed by atoms with Crippen LogP contribution in [0, 0.1) is 18.6 Å². The van der Waals surface area contributed by atoms with Crippen molar-refractivity contribution in [2.24, 2.45) is 0 Å². The molecule has 0 saturated heterocycles. The largest absolute Gasteiger partial charge is 0.345 e. The molecule has 2 nitrogen and oxygen atoms in total. The number of halogens is 2. The number of thioether (sulfide) groups is 1. The van der Waals surface area contributed by atoms with Crippen molar-refractivity contribution in [3.8, 4) is 0 Å². The number of carbonyl (C=O) groups is 1. The maximum atomic E-state index is 13.5. The highest BCUT2D eigenvalue weighted by Gasteiger charge is 2.24. The van der Waals surface area contributed by atoms with Gasteiger partial charge in [0, 0.05) is 16.2 Å². The van der Waals surface area contributed by atoms with Crippen LogP contribution in [-0.2, 0) is 0 Å². The van der Waals surface area contributed by atoms with Crippen LogP contribution in [0.15, 0.2) is 41.3 Å². The van der Waals surface area contributed by atoms with Crippen LogP contribution in [-0.4, -0.2) is 11.7 Å². The molecule has 3 rings (SSSR count). The third-order valence-electron chi connectivity index (χ3n) is 3.76. The van der Waals surface area contributed by atoms with Crippen LogP contribution in [0.2, 0.25) is 0 Å². The van der Waals surface area contributed by atoms with E-state index >= 15 is 0 Å². The Bertz CT molecular complexity index is 733. The summed E-state index contributed by atoms with van der Waals surface area (Å²) in [5, 5.41) is 2.90. The van der Waals surface area contributed by atoms with Crippen molar-refractivity contribution < 1.29 is 13.6 Å². The van der Waals surface area contributed by atoms with Crippen molar-refractivity contribution in [1.29, 1.82) is 0 Å². The molecule has 1 heterocycles. The van der Waals surface area contributed by atoms with Crippen molar-refractivity contribution in [2.75, 3.05) is 5.75 Å². The minimum absolute atomic E-state index is 0.248. The third kappa shape index (κ3) is 2.99. The SMILES string of the molecule is Cc1ccc(F)cc1C(=O)NC1CCSc2ccc(F)cc21. The molecular formula is C17H15F2NOS. The van der Waals surface area contributed by atoms with Gasteiger partial charge in [0.05, 0.1) is 6.04 Å². The molecule has 0 fully saturated rings. The van der Waals surface area contributed by atoms with Crippen LogP contribution in [0.5, 0.6) is 0 Å². The maximum absolute atomic E-state index is 13.5. The summed E-state index contributed by atoms with van der Waals surface area (Å²) >= 11 is 1.65. The second kappa shape index (κ2) is 6.08. The molecular weight excluding hydrogens is 304 g/mol. The highest BCUT2D eigenvalue weighted by atomic mass is 32.2. The van der Waals surface area contributed by atoms with Crippen LogP contribution in [0.4, 0.5) is 8.78 Å². The molecule has 0 spiro atoms. The van der Waals surface area contributed by atoms with Gasteiger partial charge in [0.15, 0.2) is 0 Å². The number of benzene rings is 2. The molecule has 1 amide bonds. The number of amides is 1. The summed E-state index contributed by atoms with van der Waals surface area (Å²) in [7, 11) is 0. The predicted molar refractivity (Wildman–Crippen MR) is 83.1 cm³/mol. The highest BCUT2D eigenvalue weighted by Crippen LogP contribution is 2.36. The van der Waals surface area contributed by atoms with Crippen LogP contribution >= 0.6 is 11.8 Å². The quantitative estimate of drug-likeness (QED) is 0.897. The van der Waals surface area contributed by atoms with Crippen LogP contribution in [0.1, 0.15) is 33.9 Å². The lowest BCUT2D eigenvalue weighted by atomic mass is 10.0. The summed E-state index contributed by atoms with van der Waals surface area (Å²) < 4.78 is 26.8. The Hall–Kier alpha value is -1.88. The van der Waals surface area contributed by atoms with Gasteiger partial charge in [-0.05, 0) is 54.8 Å². The molecule has 0 radical (unpaired) electrons. The Morgan fingerprint density at radius 3 is 2.73 bits per heavy atom. The van der Waals surface area contributed by atoms with Crippen molar-refractivity contribution in [3.05, 3.63) is 64.7 Å². The van der Waals surface area contributed by atoms with E-state index in [1.807, 2.05) is 0 Å². The first-order valence-corrected chi connectivity index (χ1v) is 8.02. The number of aryl methyl sites for hydroxylation is 1. The Labute approximate surface area is 131 Å². The standard InChI is InChI=1S/C17H15F2NOS/c1-10-2-3-11(18)8-13(10)17(21)20-15-6-7-22-16-5-4-12(19)9-14(15)16/h2-5,8-9,15H,6-7H2,1H3,(H,20,21). The number of rotatable bonds is 2. The first kappa shape index (κ1) is 15.0. The smallest absolute Gasteiger partial charge is 0.252 e. The molecule has 0 saturated carbocycles. The van der Waals surface area contributed by atoms with E-state index in [1.165, 1.54) is 24.3 Å². The summed E-state index contributed by atoms with van der Waals surface area (Å²) in [5.74, 6) is -0.237. The van der Waals surface area contributed by atoms with E-state index in [9.17, 15) is 13.6 Å². The van der Waals surface area contributed by atoms with Gasteiger partial charge in [-0.2, -0.15) is 0 Å². The second-order valence-corrected chi connectivity index (χ2v) is 6.44. The molecule has 1 aliphatic heterocycles. The fourth-order valence-corrected chi connectivity index (χ4v) is 3.70. The Morgan fingerprint density at radius 1 is 1.18 bits per heavy atom. The topological polar surface area (TPSA) is 29.1 Å². The van der Waals surface area contributed by atoms with Crippen LogP contribution in [0.3, 0.4) is 0 Å². The van der Waals surface area contributed by atoms with Gasteiger partial charge < -0.3 is 5.32 Å². The first-order chi connectivity index (χ1) is 10.5. The van der Waals surface area contributed by atoms with E-state index in [1.54, 1.807) is 30.8 Å². The van der Waals surface area contributed by atoms with Gasteiger partial charge in [0.2, 0.25) is 0 Å². The van der Waals surface area contributed by atoms with E-state index in [4.69, 9.17) is 0 Å². The molecule has 114 valence electrons. The highest BCUT2D eigenvalue weighted by molar-refractivity contribution is 7.99. The lowest BCUT2D eigenvalue weighted by molar-refractivity contribution is 0.0934. The van der Waals surface area contributed by atoms with E-state index in [0.29, 0.717) is 11.1 Å². The zero-order valence-corrected chi connectivity index (χ0v) is 12.8. The minimum atomic E-state index is -0.443. The summed E-state index contributed by atoms with van der Waals surface area (Å²) in [5.41, 5.74) is 1.82. The average Bonchev–Trinajstić information content (AvgIpc) is 2.50. The fraction of sp³-hybridized carbons (Fsp3) is 0.235. The minimum Gasteiger partial charge on any atom is -0.345 e. The Balaban J connectivity index is 1.87. The molecule has 0 aromatic heterocycles. The van der Waals surface area contributed by atoms with Crippen LogP contribution < -0.4 is 5.32 Å². The third-order valence-corrected chi connectivity index (χ3v) is 4.88. The normalized spacial score (nSPS) is 17.0. The van der Waals surface area contributed by atoms with Crippen LogP contribution in [0.25, 0.3) is 0 Å². The Morgan fingerprint density at radius 2 is 1.91 bits per heavy atom. The maximum Gasteiger partial charge on any atom is 0.252 e. The van der Waals surface area contributed by atoms with Gasteiger partial charge in [-0.25, -0.2) is 8.78 Å². The summed E-state index contributed by atoms with van der Waals surface area (Å²) in [6.45, 7) is 1.76. The molecule has 0 bridgehead atoms. The first-order valence-electron chi connectivity index (χ1n) is 7.04. The monoisotopic (exact) mass is 319 g/mol. The zero-order valence-electron chi connectivity index (χ0n) is 12.0. The van der Waals surface area contributed by atoms with E-state index in [0.717, 1.165) is 22.6 Å². The molecule has 1 aliphatic rings. The molecule has 2 aromatic rings. The second-order valence-electron chi connectivity index (χ2n) is 5.30. The molecule has 0 aliphatic carbocycles. The van der Waals surface area contributed by atoms with Gasteiger partial charge in [0.1, 0.15) is 11.6 Å². The van der Waals surface area contributed by atoms with E-state index in [2.05, 4.69) is 5.32 Å². The average molecular weight is 319 g/mol. The van der Waals surface area contributed by atoms with Gasteiger partial charge in [0.25, 0.3) is 5.91 Å². The lowest BCUT2D eigenvalue weighted by Crippen LogP contribution is -2.31. The summed E-state index contributed by atoms with van der Waals surface area (Å²) in [6.07, 6.45) is 0.723. The Kier molecular flexibility index (Phi) is 4.16. The van der Waals surface area contributed by atoms with E-state index < -0.39 is 5.82 Å². The summed E-state index contributed by atoms with van der Waals surface area (Å²) in [4.78, 5) is 13.4. The number of nitrogens with one attached hydrogen (secondary N) is 1. The lowest BCUT2D eigenvalue weighted by Gasteiger charge is -2.26. The van der Waals surface area contributed by atoms with Gasteiger partial charge in [-0.3, -0.25) is 4.79 Å². The van der Waals surface area contributed by atoms with E-state index in [-0.39, 0.29) is 17.8 Å². The van der Waals surface area contributed by atoms with Crippen molar-refractivity contribution in [2.45, 2.75) is 24.3 Å². The van der Waals surface area contributed by atoms with Crippen molar-refractivity contribution >= 4 is 17.7 Å². The fourth-order valence-electron chi connectivity index (χ4n) is 2.59. The van der Waals surface area contributed by atoms with Crippen molar-refractivity contribution in [1.82, 2.24) is 5.32 Å². The number of carbonyl (C=O) groups excluding carboxylic acids is 1. The zero-order chi connectivity index (χ0) is 15.7. The number of hydrogen-bond acceptors (Lipinski definition) is 2. The molecule has 1 atom stereocenters. The molecule has 2 aromatic carbocycles. The predicted octanol–water partition coefficient (Wildman–Crippen LogP) is 4.24.